The average molecular weight is 424 g/mol. The number of carbonyl (C=O) groups is 1. The Morgan fingerprint density at radius 2 is 1.87 bits per heavy atom. The van der Waals surface area contributed by atoms with Crippen LogP contribution in [-0.2, 0) is 6.18 Å². The molecule has 0 spiro atoms. The lowest BCUT2D eigenvalue weighted by molar-refractivity contribution is -0.141. The van der Waals surface area contributed by atoms with Crippen molar-refractivity contribution in [3.63, 3.8) is 0 Å². The number of hydrogen-bond donors (Lipinski definition) is 1. The first-order valence-electron chi connectivity index (χ1n) is 9.09. The van der Waals surface area contributed by atoms with Crippen molar-refractivity contribution in [1.29, 1.82) is 0 Å². The molecule has 4 aromatic rings. The lowest BCUT2D eigenvalue weighted by Crippen LogP contribution is -2.15. The van der Waals surface area contributed by atoms with Gasteiger partial charge in [0.1, 0.15) is 11.5 Å². The number of halogens is 3. The van der Waals surface area contributed by atoms with E-state index in [2.05, 4.69) is 25.4 Å². The molecule has 0 unspecified atom stereocenters. The maximum Gasteiger partial charge on any atom is 0.433 e. The molecule has 0 fully saturated rings. The molecule has 0 aliphatic carbocycles. The number of nitrogens with zero attached hydrogens (tertiary/aromatic N) is 5. The summed E-state index contributed by atoms with van der Waals surface area (Å²) in [5.74, 6) is -0.374. The van der Waals surface area contributed by atoms with Crippen molar-refractivity contribution < 1.29 is 18.0 Å². The van der Waals surface area contributed by atoms with Crippen LogP contribution in [0.4, 0.5) is 19.0 Å². The quantitative estimate of drug-likeness (QED) is 0.528. The zero-order valence-electron chi connectivity index (χ0n) is 16.1. The smallest absolute Gasteiger partial charge is 0.307 e. The Labute approximate surface area is 174 Å². The van der Waals surface area contributed by atoms with Gasteiger partial charge in [0.15, 0.2) is 0 Å². The van der Waals surface area contributed by atoms with Crippen LogP contribution in [0.5, 0.6) is 0 Å². The third kappa shape index (κ3) is 4.42. The summed E-state index contributed by atoms with van der Waals surface area (Å²) in [5.41, 5.74) is 2.13. The zero-order valence-corrected chi connectivity index (χ0v) is 16.1. The van der Waals surface area contributed by atoms with Gasteiger partial charge >= 0.3 is 6.18 Å². The van der Waals surface area contributed by atoms with Crippen LogP contribution >= 0.6 is 0 Å². The van der Waals surface area contributed by atoms with Crippen LogP contribution in [0.3, 0.4) is 0 Å². The topological polar surface area (TPSA) is 85.6 Å². The maximum atomic E-state index is 12.6. The summed E-state index contributed by atoms with van der Waals surface area (Å²) in [6.45, 7) is 1.90. The van der Waals surface area contributed by atoms with E-state index in [0.717, 1.165) is 35.3 Å². The highest BCUT2D eigenvalue weighted by Crippen LogP contribution is 2.27. The minimum atomic E-state index is -4.56. The predicted molar refractivity (Wildman–Crippen MR) is 107 cm³/mol. The molecule has 0 aromatic carbocycles. The lowest BCUT2D eigenvalue weighted by Gasteiger charge is -2.08. The molecule has 156 valence electrons. The van der Waals surface area contributed by atoms with Crippen LogP contribution < -0.4 is 5.32 Å². The van der Waals surface area contributed by atoms with Crippen molar-refractivity contribution in [3.8, 4) is 16.9 Å². The van der Waals surface area contributed by atoms with Crippen molar-refractivity contribution in [2.75, 3.05) is 5.32 Å². The Hall–Kier alpha value is -4.08. The van der Waals surface area contributed by atoms with E-state index in [1.807, 2.05) is 25.1 Å². The summed E-state index contributed by atoms with van der Waals surface area (Å²) in [7, 11) is 0. The third-order valence-corrected chi connectivity index (χ3v) is 4.39. The number of alkyl halides is 3. The van der Waals surface area contributed by atoms with Crippen molar-refractivity contribution in [2.45, 2.75) is 13.1 Å². The Bertz CT molecular complexity index is 1200. The number of carbonyl (C=O) groups excluding carboxylic acids is 1. The molecule has 1 N–H and O–H groups in total. The Morgan fingerprint density at radius 1 is 1.03 bits per heavy atom. The molecule has 1 amide bonds. The van der Waals surface area contributed by atoms with Gasteiger partial charge in [0.2, 0.25) is 0 Å². The van der Waals surface area contributed by atoms with E-state index in [0.29, 0.717) is 5.69 Å². The number of rotatable bonds is 4. The fourth-order valence-electron chi connectivity index (χ4n) is 2.86. The summed E-state index contributed by atoms with van der Waals surface area (Å²) < 4.78 is 39.5. The first-order valence-corrected chi connectivity index (χ1v) is 9.09. The van der Waals surface area contributed by atoms with Gasteiger partial charge in [-0.3, -0.25) is 14.8 Å². The van der Waals surface area contributed by atoms with E-state index in [4.69, 9.17) is 0 Å². The Balaban J connectivity index is 1.49. The zero-order chi connectivity index (χ0) is 22.0. The second-order valence-electron chi connectivity index (χ2n) is 6.61. The molecule has 0 bridgehead atoms. The minimum absolute atomic E-state index is 0.0112. The molecule has 0 atom stereocenters. The summed E-state index contributed by atoms with van der Waals surface area (Å²) in [6, 6.07) is 10.8. The standard InChI is InChI=1S/C21H15F3N6O/c1-13-9-17(14-3-2-8-25-10-14)29-30(13)16-5-7-19(27-12-16)28-20(31)15-4-6-18(26-11-15)21(22,23)24/h2-12H,1H3,(H,27,28,31). The molecule has 4 rings (SSSR count). The van der Waals surface area contributed by atoms with Gasteiger partial charge in [-0.25, -0.2) is 9.67 Å². The first-order chi connectivity index (χ1) is 14.8. The number of hydrogen-bond acceptors (Lipinski definition) is 5. The van der Waals surface area contributed by atoms with E-state index >= 15 is 0 Å². The third-order valence-electron chi connectivity index (χ3n) is 4.39. The van der Waals surface area contributed by atoms with E-state index in [-0.39, 0.29) is 11.4 Å². The second kappa shape index (κ2) is 7.98. The molecule has 0 saturated carbocycles. The molecule has 7 nitrogen and oxygen atoms in total. The van der Waals surface area contributed by atoms with Gasteiger partial charge in [-0.05, 0) is 49.4 Å². The molecular weight excluding hydrogens is 409 g/mol. The van der Waals surface area contributed by atoms with Gasteiger partial charge in [-0.15, -0.1) is 0 Å². The van der Waals surface area contributed by atoms with Crippen LogP contribution in [0.2, 0.25) is 0 Å². The largest absolute Gasteiger partial charge is 0.433 e. The van der Waals surface area contributed by atoms with Crippen LogP contribution in [0.1, 0.15) is 21.7 Å². The highest BCUT2D eigenvalue weighted by atomic mass is 19.4. The molecule has 31 heavy (non-hydrogen) atoms. The van der Waals surface area contributed by atoms with Crippen LogP contribution in [0.25, 0.3) is 16.9 Å². The highest BCUT2D eigenvalue weighted by Gasteiger charge is 2.32. The molecule has 0 radical (unpaired) electrons. The average Bonchev–Trinajstić information content (AvgIpc) is 3.16. The van der Waals surface area contributed by atoms with Crippen molar-refractivity contribution >= 4 is 11.7 Å². The summed E-state index contributed by atoms with van der Waals surface area (Å²) in [5, 5.41) is 7.10. The fourth-order valence-corrected chi connectivity index (χ4v) is 2.86. The molecule has 0 saturated heterocycles. The van der Waals surface area contributed by atoms with Crippen LogP contribution in [0, 0.1) is 6.92 Å². The second-order valence-corrected chi connectivity index (χ2v) is 6.61. The molecule has 4 aromatic heterocycles. The molecule has 10 heteroatoms. The van der Waals surface area contributed by atoms with Gasteiger partial charge in [-0.2, -0.15) is 18.3 Å². The minimum Gasteiger partial charge on any atom is -0.307 e. The number of amides is 1. The molecule has 0 aliphatic heterocycles. The van der Waals surface area contributed by atoms with E-state index < -0.39 is 17.8 Å². The van der Waals surface area contributed by atoms with Crippen LogP contribution in [-0.4, -0.2) is 30.6 Å². The number of nitrogens with one attached hydrogen (secondary N) is 1. The van der Waals surface area contributed by atoms with Gasteiger partial charge in [0.25, 0.3) is 5.91 Å². The lowest BCUT2D eigenvalue weighted by atomic mass is 10.2. The summed E-state index contributed by atoms with van der Waals surface area (Å²) >= 11 is 0. The van der Waals surface area contributed by atoms with Crippen molar-refractivity contribution in [3.05, 3.63) is 84.2 Å². The van der Waals surface area contributed by atoms with Crippen molar-refractivity contribution in [1.82, 2.24) is 24.7 Å². The highest BCUT2D eigenvalue weighted by molar-refractivity contribution is 6.03. The SMILES string of the molecule is Cc1cc(-c2cccnc2)nn1-c1ccc(NC(=O)c2ccc(C(F)(F)F)nc2)nc1. The van der Waals surface area contributed by atoms with Gasteiger partial charge in [0, 0.05) is 29.8 Å². The van der Waals surface area contributed by atoms with E-state index in [1.54, 1.807) is 29.2 Å². The number of anilines is 1. The van der Waals surface area contributed by atoms with Crippen LogP contribution in [0.15, 0.2) is 67.3 Å². The van der Waals surface area contributed by atoms with Gasteiger partial charge < -0.3 is 5.32 Å². The number of aromatic nitrogens is 5. The van der Waals surface area contributed by atoms with Gasteiger partial charge in [-0.1, -0.05) is 0 Å². The van der Waals surface area contributed by atoms with E-state index in [1.165, 1.54) is 6.20 Å². The number of aryl methyl sites for hydroxylation is 1. The maximum absolute atomic E-state index is 12.6. The first kappa shape index (κ1) is 20.2. The summed E-state index contributed by atoms with van der Waals surface area (Å²) in [6.07, 6.45) is 1.26. The van der Waals surface area contributed by atoms with E-state index in [9.17, 15) is 18.0 Å². The monoisotopic (exact) mass is 424 g/mol. The molecule has 4 heterocycles. The molecular formula is C21H15F3N6O. The van der Waals surface area contributed by atoms with Crippen molar-refractivity contribution in [2.24, 2.45) is 0 Å². The normalized spacial score (nSPS) is 11.4. The number of pyridine rings is 3. The Kier molecular flexibility index (Phi) is 5.20. The molecule has 0 aliphatic rings. The fraction of sp³-hybridized carbons (Fsp3) is 0.0952. The summed E-state index contributed by atoms with van der Waals surface area (Å²) in [4.78, 5) is 23.8. The Morgan fingerprint density at radius 3 is 2.48 bits per heavy atom. The van der Waals surface area contributed by atoms with Gasteiger partial charge in [0.05, 0.1) is 23.1 Å². The predicted octanol–water partition coefficient (Wildman–Crippen LogP) is 4.30.